The van der Waals surface area contributed by atoms with Crippen LogP contribution in [0.1, 0.15) is 50.2 Å². The van der Waals surface area contributed by atoms with Gasteiger partial charge in [-0.05, 0) is 76.7 Å². The highest BCUT2D eigenvalue weighted by atomic mass is 19.1. The number of fused-ring (bicyclic) bond motifs is 1. The molecule has 3 heterocycles. The average Bonchev–Trinajstić information content (AvgIpc) is 3.71. The second-order valence-electron chi connectivity index (χ2n) is 9.59. The van der Waals surface area contributed by atoms with E-state index in [9.17, 15) is 9.18 Å². The van der Waals surface area contributed by atoms with Gasteiger partial charge in [0.2, 0.25) is 17.7 Å². The van der Waals surface area contributed by atoms with Crippen LogP contribution in [-0.2, 0) is 11.2 Å². The lowest BCUT2D eigenvalue weighted by atomic mass is 9.91. The number of halogens is 1. The number of rotatable bonds is 6. The molecule has 1 aromatic heterocycles. The molecular formula is C27H32FN5O2. The van der Waals surface area contributed by atoms with E-state index in [0.29, 0.717) is 5.75 Å². The van der Waals surface area contributed by atoms with Gasteiger partial charge in [-0.25, -0.2) is 0 Å². The van der Waals surface area contributed by atoms with Gasteiger partial charge < -0.3 is 20.7 Å². The zero-order chi connectivity index (χ0) is 24.4. The predicted molar refractivity (Wildman–Crippen MR) is 135 cm³/mol. The van der Waals surface area contributed by atoms with Gasteiger partial charge in [0.15, 0.2) is 0 Å². The van der Waals surface area contributed by atoms with Crippen molar-refractivity contribution in [3.63, 3.8) is 0 Å². The van der Waals surface area contributed by atoms with Crippen LogP contribution >= 0.6 is 0 Å². The SMILES string of the molecule is CC1CCc2c(ccc(C(C=NC3CCNCC3)=CN)c2Oc2cccc(F)n2)N1C(=O)C1CC1. The minimum absolute atomic E-state index is 0.104. The van der Waals surface area contributed by atoms with Crippen LogP contribution in [0.4, 0.5) is 10.1 Å². The van der Waals surface area contributed by atoms with Crippen molar-refractivity contribution in [1.82, 2.24) is 10.3 Å². The highest BCUT2D eigenvalue weighted by Crippen LogP contribution is 2.44. The van der Waals surface area contributed by atoms with Gasteiger partial charge in [0.25, 0.3) is 0 Å². The second kappa shape index (κ2) is 10.2. The van der Waals surface area contributed by atoms with Crippen molar-refractivity contribution < 1.29 is 13.9 Å². The van der Waals surface area contributed by atoms with E-state index in [2.05, 4.69) is 17.2 Å². The fraction of sp³-hybridized carbons (Fsp3) is 0.444. The van der Waals surface area contributed by atoms with Gasteiger partial charge in [-0.1, -0.05) is 6.07 Å². The summed E-state index contributed by atoms with van der Waals surface area (Å²) in [6, 6.07) is 8.72. The Labute approximate surface area is 205 Å². The van der Waals surface area contributed by atoms with Crippen molar-refractivity contribution in [3.05, 3.63) is 53.6 Å². The number of amides is 1. The molecule has 5 rings (SSSR count). The molecule has 1 unspecified atom stereocenters. The fourth-order valence-corrected chi connectivity index (χ4v) is 4.91. The molecular weight excluding hydrogens is 445 g/mol. The van der Waals surface area contributed by atoms with E-state index in [4.69, 9.17) is 15.5 Å². The minimum atomic E-state index is -0.616. The number of nitrogens with two attached hydrogens (primary N) is 1. The Kier molecular flexibility index (Phi) is 6.81. The van der Waals surface area contributed by atoms with Crippen molar-refractivity contribution in [3.8, 4) is 11.6 Å². The molecule has 3 aliphatic rings. The summed E-state index contributed by atoms with van der Waals surface area (Å²) < 4.78 is 20.1. The van der Waals surface area contributed by atoms with E-state index < -0.39 is 5.95 Å². The molecule has 8 heteroatoms. The smallest absolute Gasteiger partial charge is 0.230 e. The van der Waals surface area contributed by atoms with Crippen molar-refractivity contribution in [2.45, 2.75) is 57.5 Å². The largest absolute Gasteiger partial charge is 0.438 e. The predicted octanol–water partition coefficient (Wildman–Crippen LogP) is 4.21. The molecule has 1 atom stereocenters. The van der Waals surface area contributed by atoms with Crippen molar-refractivity contribution in [1.29, 1.82) is 0 Å². The number of ether oxygens (including phenoxy) is 1. The van der Waals surface area contributed by atoms with Crippen molar-refractivity contribution in [2.75, 3.05) is 18.0 Å². The third kappa shape index (κ3) is 5.07. The molecule has 2 aliphatic heterocycles. The number of aromatic nitrogens is 1. The number of carbonyl (C=O) groups excluding carboxylic acids is 1. The normalized spacial score (nSPS) is 21.3. The summed E-state index contributed by atoms with van der Waals surface area (Å²) in [5.41, 5.74) is 9.30. The molecule has 0 bridgehead atoms. The molecule has 1 saturated heterocycles. The second-order valence-corrected chi connectivity index (χ2v) is 9.59. The Balaban J connectivity index is 1.57. The lowest BCUT2D eigenvalue weighted by Gasteiger charge is -2.36. The summed E-state index contributed by atoms with van der Waals surface area (Å²) in [7, 11) is 0. The minimum Gasteiger partial charge on any atom is -0.438 e. The van der Waals surface area contributed by atoms with Gasteiger partial charge in [0.05, 0.1) is 11.7 Å². The maximum Gasteiger partial charge on any atom is 0.230 e. The van der Waals surface area contributed by atoms with E-state index in [1.54, 1.807) is 12.1 Å². The number of benzene rings is 1. The van der Waals surface area contributed by atoms with Crippen LogP contribution in [0.15, 0.2) is 41.5 Å². The van der Waals surface area contributed by atoms with Gasteiger partial charge in [0, 0.05) is 47.1 Å². The summed E-state index contributed by atoms with van der Waals surface area (Å²) in [5.74, 6) is 0.367. The number of allylic oxidation sites excluding steroid dienone is 1. The maximum atomic E-state index is 13.9. The van der Waals surface area contributed by atoms with E-state index in [0.717, 1.165) is 74.0 Å². The first-order valence-electron chi connectivity index (χ1n) is 12.5. The molecule has 1 aliphatic carbocycles. The zero-order valence-corrected chi connectivity index (χ0v) is 20.0. The highest BCUT2D eigenvalue weighted by molar-refractivity contribution is 6.11. The molecule has 2 aromatic rings. The lowest BCUT2D eigenvalue weighted by molar-refractivity contribution is -0.120. The van der Waals surface area contributed by atoms with Crippen LogP contribution in [0.3, 0.4) is 0 Å². The van der Waals surface area contributed by atoms with E-state index in [-0.39, 0.29) is 29.8 Å². The average molecular weight is 478 g/mol. The fourth-order valence-electron chi connectivity index (χ4n) is 4.91. The van der Waals surface area contributed by atoms with Crippen LogP contribution < -0.4 is 20.7 Å². The Morgan fingerprint density at radius 2 is 2.00 bits per heavy atom. The molecule has 3 N–H and O–H groups in total. The summed E-state index contributed by atoms with van der Waals surface area (Å²) in [4.78, 5) is 23.8. The first-order valence-corrected chi connectivity index (χ1v) is 12.5. The maximum absolute atomic E-state index is 13.9. The third-order valence-corrected chi connectivity index (χ3v) is 7.03. The quantitative estimate of drug-likeness (QED) is 0.480. The topological polar surface area (TPSA) is 92.8 Å². The molecule has 2 fully saturated rings. The van der Waals surface area contributed by atoms with Crippen molar-refractivity contribution in [2.24, 2.45) is 16.6 Å². The van der Waals surface area contributed by atoms with Gasteiger partial charge in [-0.15, -0.1) is 0 Å². The Bertz CT molecular complexity index is 1150. The molecule has 184 valence electrons. The number of piperidine rings is 1. The number of nitrogens with one attached hydrogen (secondary N) is 1. The van der Waals surface area contributed by atoms with Crippen molar-refractivity contribution >= 4 is 23.4 Å². The Morgan fingerprint density at radius 3 is 2.71 bits per heavy atom. The standard InChI is InChI=1S/C27H32FN5O2/c1-17-5-8-22-23(33(17)27(34)18-6-7-18)10-9-21(26(22)35-25-4-2-3-24(28)32-25)19(15-29)16-31-20-11-13-30-14-12-20/h2-4,9-10,15-18,20,30H,5-8,11-14,29H2,1H3. The summed E-state index contributed by atoms with van der Waals surface area (Å²) in [5, 5.41) is 3.35. The summed E-state index contributed by atoms with van der Waals surface area (Å²) >= 11 is 0. The van der Waals surface area contributed by atoms with Crippen LogP contribution in [-0.4, -0.2) is 42.3 Å². The summed E-state index contributed by atoms with van der Waals surface area (Å²) in [6.45, 7) is 3.99. The number of hydrogen-bond acceptors (Lipinski definition) is 6. The van der Waals surface area contributed by atoms with Gasteiger partial charge in [0.1, 0.15) is 5.75 Å². The molecule has 7 nitrogen and oxygen atoms in total. The Hall–Kier alpha value is -3.26. The molecule has 0 radical (unpaired) electrons. The van der Waals surface area contributed by atoms with E-state index in [1.165, 1.54) is 12.3 Å². The zero-order valence-electron chi connectivity index (χ0n) is 20.0. The number of aliphatic imine (C=N–C) groups is 1. The monoisotopic (exact) mass is 477 g/mol. The lowest BCUT2D eigenvalue weighted by Crippen LogP contribution is -2.43. The van der Waals surface area contributed by atoms with Crippen LogP contribution in [0.25, 0.3) is 5.57 Å². The summed E-state index contributed by atoms with van der Waals surface area (Å²) in [6.07, 6.45) is 8.72. The number of anilines is 1. The number of nitrogens with zero attached hydrogens (tertiary/aromatic N) is 3. The van der Waals surface area contributed by atoms with E-state index >= 15 is 0 Å². The van der Waals surface area contributed by atoms with Gasteiger partial charge >= 0.3 is 0 Å². The highest BCUT2D eigenvalue weighted by Gasteiger charge is 2.39. The molecule has 1 amide bonds. The molecule has 35 heavy (non-hydrogen) atoms. The first kappa shape index (κ1) is 23.5. The number of pyridine rings is 1. The van der Waals surface area contributed by atoms with E-state index in [1.807, 2.05) is 23.2 Å². The third-order valence-electron chi connectivity index (χ3n) is 7.03. The molecule has 1 aromatic carbocycles. The Morgan fingerprint density at radius 1 is 1.20 bits per heavy atom. The molecule has 0 spiro atoms. The van der Waals surface area contributed by atoms with Crippen LogP contribution in [0, 0.1) is 11.9 Å². The number of hydrogen-bond donors (Lipinski definition) is 2. The van der Waals surface area contributed by atoms with Crippen LogP contribution in [0.5, 0.6) is 11.6 Å². The van der Waals surface area contributed by atoms with Gasteiger partial charge in [-0.2, -0.15) is 9.37 Å². The number of carbonyl (C=O) groups is 1. The molecule has 1 saturated carbocycles. The van der Waals surface area contributed by atoms with Gasteiger partial charge in [-0.3, -0.25) is 9.79 Å². The first-order chi connectivity index (χ1) is 17.0. The van der Waals surface area contributed by atoms with Crippen LogP contribution in [0.2, 0.25) is 0 Å².